The number of hydrogen-bond acceptors (Lipinski definition) is 5. The van der Waals surface area contributed by atoms with Gasteiger partial charge in [0.05, 0.1) is 23.8 Å². The molecule has 0 spiro atoms. The fraction of sp³-hybridized carbons (Fsp3) is 0.188. The zero-order chi connectivity index (χ0) is 15.2. The van der Waals surface area contributed by atoms with Gasteiger partial charge in [0.25, 0.3) is 0 Å². The number of hydrogen-bond donors (Lipinski definition) is 0. The van der Waals surface area contributed by atoms with Crippen molar-refractivity contribution in [1.29, 1.82) is 5.26 Å². The SMILES string of the molecule is CCOc1ccc(C#N)cc1OC(=O)c1ccc(C)nc1. The maximum atomic E-state index is 12.1. The van der Waals surface area contributed by atoms with Gasteiger partial charge in [-0.25, -0.2) is 4.79 Å². The zero-order valence-electron chi connectivity index (χ0n) is 11.8. The summed E-state index contributed by atoms with van der Waals surface area (Å²) in [5.41, 5.74) is 1.54. The molecule has 0 saturated heterocycles. The number of rotatable bonds is 4. The van der Waals surface area contributed by atoms with Crippen molar-refractivity contribution in [3.8, 4) is 17.6 Å². The van der Waals surface area contributed by atoms with Crippen LogP contribution < -0.4 is 9.47 Å². The first-order valence-corrected chi connectivity index (χ1v) is 6.46. The van der Waals surface area contributed by atoms with Crippen molar-refractivity contribution in [3.05, 3.63) is 53.3 Å². The van der Waals surface area contributed by atoms with Gasteiger partial charge in [-0.15, -0.1) is 0 Å². The summed E-state index contributed by atoms with van der Waals surface area (Å²) in [7, 11) is 0. The molecule has 0 aliphatic carbocycles. The average molecular weight is 282 g/mol. The number of ether oxygens (including phenoxy) is 2. The molecule has 0 amide bonds. The number of carbonyl (C=O) groups is 1. The number of benzene rings is 1. The van der Waals surface area contributed by atoms with Crippen LogP contribution in [0.1, 0.15) is 28.5 Å². The van der Waals surface area contributed by atoms with E-state index in [1.165, 1.54) is 12.3 Å². The molecule has 0 bridgehead atoms. The van der Waals surface area contributed by atoms with Crippen LogP contribution in [0, 0.1) is 18.3 Å². The van der Waals surface area contributed by atoms with Crippen molar-refractivity contribution in [1.82, 2.24) is 4.98 Å². The molecule has 2 aromatic rings. The normalized spacial score (nSPS) is 9.76. The molecule has 5 heteroatoms. The van der Waals surface area contributed by atoms with Gasteiger partial charge in [0.1, 0.15) is 0 Å². The van der Waals surface area contributed by atoms with E-state index in [2.05, 4.69) is 4.98 Å². The monoisotopic (exact) mass is 282 g/mol. The highest BCUT2D eigenvalue weighted by molar-refractivity contribution is 5.91. The second-order valence-electron chi connectivity index (χ2n) is 4.28. The number of esters is 1. The van der Waals surface area contributed by atoms with E-state index in [0.29, 0.717) is 23.5 Å². The Kier molecular flexibility index (Phi) is 4.52. The van der Waals surface area contributed by atoms with Crippen LogP contribution in [0.2, 0.25) is 0 Å². The van der Waals surface area contributed by atoms with Crippen LogP contribution in [-0.2, 0) is 0 Å². The van der Waals surface area contributed by atoms with Gasteiger partial charge >= 0.3 is 5.97 Å². The van der Waals surface area contributed by atoms with Crippen LogP contribution in [-0.4, -0.2) is 17.6 Å². The lowest BCUT2D eigenvalue weighted by Gasteiger charge is -2.10. The van der Waals surface area contributed by atoms with E-state index in [0.717, 1.165) is 5.69 Å². The van der Waals surface area contributed by atoms with Crippen LogP contribution in [0.25, 0.3) is 0 Å². The molecule has 0 atom stereocenters. The lowest BCUT2D eigenvalue weighted by Crippen LogP contribution is -2.10. The summed E-state index contributed by atoms with van der Waals surface area (Å²) in [4.78, 5) is 16.1. The molecule has 0 unspecified atom stereocenters. The van der Waals surface area contributed by atoms with Crippen molar-refractivity contribution in [2.24, 2.45) is 0 Å². The Bertz CT molecular complexity index is 688. The van der Waals surface area contributed by atoms with Crippen LogP contribution in [0.4, 0.5) is 0 Å². The maximum absolute atomic E-state index is 12.1. The Labute approximate surface area is 122 Å². The smallest absolute Gasteiger partial charge is 0.345 e. The molecule has 1 aromatic carbocycles. The lowest BCUT2D eigenvalue weighted by molar-refractivity contribution is 0.0728. The Balaban J connectivity index is 2.27. The van der Waals surface area contributed by atoms with Gasteiger partial charge in [0.2, 0.25) is 0 Å². The fourth-order valence-electron chi connectivity index (χ4n) is 1.68. The first-order chi connectivity index (χ1) is 10.1. The standard InChI is InChI=1S/C16H14N2O3/c1-3-20-14-7-5-12(9-17)8-15(14)21-16(19)13-6-4-11(2)18-10-13/h4-8,10H,3H2,1-2H3. The van der Waals surface area contributed by atoms with Crippen LogP contribution in [0.15, 0.2) is 36.5 Å². The minimum atomic E-state index is -0.543. The molecule has 0 aliphatic heterocycles. The second-order valence-corrected chi connectivity index (χ2v) is 4.28. The number of aromatic nitrogens is 1. The summed E-state index contributed by atoms with van der Waals surface area (Å²) in [5, 5.41) is 8.92. The predicted octanol–water partition coefficient (Wildman–Crippen LogP) is 2.88. The molecule has 106 valence electrons. The summed E-state index contributed by atoms with van der Waals surface area (Å²) >= 11 is 0. The van der Waals surface area contributed by atoms with Gasteiger partial charge < -0.3 is 9.47 Å². The summed E-state index contributed by atoms with van der Waals surface area (Å²) in [6.45, 7) is 4.09. The quantitative estimate of drug-likeness (QED) is 0.637. The number of pyridine rings is 1. The molecule has 21 heavy (non-hydrogen) atoms. The second kappa shape index (κ2) is 6.53. The molecule has 1 heterocycles. The van der Waals surface area contributed by atoms with Crippen molar-refractivity contribution in [3.63, 3.8) is 0 Å². The maximum Gasteiger partial charge on any atom is 0.345 e. The Morgan fingerprint density at radius 3 is 2.71 bits per heavy atom. The minimum Gasteiger partial charge on any atom is -0.490 e. The van der Waals surface area contributed by atoms with Crippen LogP contribution >= 0.6 is 0 Å². The third-order valence-electron chi connectivity index (χ3n) is 2.72. The van der Waals surface area contributed by atoms with Gasteiger partial charge in [0, 0.05) is 18.0 Å². The molecule has 1 aromatic heterocycles. The third-order valence-corrected chi connectivity index (χ3v) is 2.72. The first-order valence-electron chi connectivity index (χ1n) is 6.46. The highest BCUT2D eigenvalue weighted by Crippen LogP contribution is 2.29. The average Bonchev–Trinajstić information content (AvgIpc) is 2.49. The Morgan fingerprint density at radius 2 is 2.10 bits per heavy atom. The van der Waals surface area contributed by atoms with E-state index < -0.39 is 5.97 Å². The van der Waals surface area contributed by atoms with Crippen molar-refractivity contribution in [2.75, 3.05) is 6.61 Å². The van der Waals surface area contributed by atoms with E-state index >= 15 is 0 Å². The first kappa shape index (κ1) is 14.5. The zero-order valence-corrected chi connectivity index (χ0v) is 11.8. The van der Waals surface area contributed by atoms with E-state index in [9.17, 15) is 4.79 Å². The molecule has 5 nitrogen and oxygen atoms in total. The summed E-state index contributed by atoms with van der Waals surface area (Å²) in [6, 6.07) is 10.1. The van der Waals surface area contributed by atoms with E-state index in [-0.39, 0.29) is 5.75 Å². The predicted molar refractivity (Wildman–Crippen MR) is 76.3 cm³/mol. The summed E-state index contributed by atoms with van der Waals surface area (Å²) in [6.07, 6.45) is 1.45. The Hall–Kier alpha value is -2.87. The number of aryl methyl sites for hydroxylation is 1. The molecule has 0 saturated carbocycles. The molecular formula is C16H14N2O3. The molecule has 0 aliphatic rings. The number of carbonyl (C=O) groups excluding carboxylic acids is 1. The topological polar surface area (TPSA) is 72.2 Å². The van der Waals surface area contributed by atoms with E-state index in [1.807, 2.05) is 19.9 Å². The van der Waals surface area contributed by atoms with Crippen LogP contribution in [0.5, 0.6) is 11.5 Å². The van der Waals surface area contributed by atoms with Crippen molar-refractivity contribution >= 4 is 5.97 Å². The highest BCUT2D eigenvalue weighted by Gasteiger charge is 2.13. The highest BCUT2D eigenvalue weighted by atomic mass is 16.6. The fourth-order valence-corrected chi connectivity index (χ4v) is 1.68. The van der Waals surface area contributed by atoms with E-state index in [1.54, 1.807) is 24.3 Å². The van der Waals surface area contributed by atoms with Gasteiger partial charge in [0.15, 0.2) is 11.5 Å². The summed E-state index contributed by atoms with van der Waals surface area (Å²) in [5.74, 6) is 0.102. The minimum absolute atomic E-state index is 0.224. The van der Waals surface area contributed by atoms with Crippen molar-refractivity contribution < 1.29 is 14.3 Å². The molecular weight excluding hydrogens is 268 g/mol. The number of nitrogens with zero attached hydrogens (tertiary/aromatic N) is 2. The van der Waals surface area contributed by atoms with Gasteiger partial charge in [-0.1, -0.05) is 0 Å². The Morgan fingerprint density at radius 1 is 1.29 bits per heavy atom. The summed E-state index contributed by atoms with van der Waals surface area (Å²) < 4.78 is 10.7. The van der Waals surface area contributed by atoms with Crippen molar-refractivity contribution in [2.45, 2.75) is 13.8 Å². The molecule has 2 rings (SSSR count). The molecule has 0 fully saturated rings. The lowest BCUT2D eigenvalue weighted by atomic mass is 10.2. The largest absolute Gasteiger partial charge is 0.490 e. The third kappa shape index (κ3) is 3.57. The van der Waals surface area contributed by atoms with Gasteiger partial charge in [-0.05, 0) is 38.1 Å². The molecule has 0 N–H and O–H groups in total. The number of nitriles is 1. The van der Waals surface area contributed by atoms with Gasteiger partial charge in [-0.2, -0.15) is 5.26 Å². The molecule has 0 radical (unpaired) electrons. The van der Waals surface area contributed by atoms with Gasteiger partial charge in [-0.3, -0.25) is 4.98 Å². The van der Waals surface area contributed by atoms with Crippen LogP contribution in [0.3, 0.4) is 0 Å². The van der Waals surface area contributed by atoms with E-state index in [4.69, 9.17) is 14.7 Å².